The predicted molar refractivity (Wildman–Crippen MR) is 459 cm³/mol. The fraction of sp³-hybridized carbons (Fsp3) is 0.147. The van der Waals surface area contributed by atoms with Crippen LogP contribution in [0.25, 0.3) is 120 Å². The molecule has 0 saturated carbocycles. The standard InChI is InChI=1S/C102H82O15/c1-67(103)107-51-52-108-82-41-31-74-63-80(39-29-76(74)65-82)102(90-27-15-13-25-88(90)89-26-14-16-28-91(89)102)81-40-30-77-66-83(42-32-75(77)64-81)109-53-57-114-100(104)115-59-55-112-94-47-37-78-61-72(68-17-5-3-6-18-68)33-43-86(78)98(94)99-87-44-34-73(69-19-7-4-8-20-69)62-79(87)38-48-95(99)113-56-60-117-101(105)116-58-54-111-93-46-36-71-22-10-12-24-85(71)97(93)96-84-23-11-9-21-70(84)35-45-92(96)110-50-49-106-2/h3-48,61-66H,49-60H2,1-2H3. The van der Waals surface area contributed by atoms with Crippen molar-refractivity contribution in [2.24, 2.45) is 0 Å². The molecule has 0 saturated heterocycles. The van der Waals surface area contributed by atoms with E-state index in [0.29, 0.717) is 47.7 Å². The fourth-order valence-corrected chi connectivity index (χ4v) is 16.2. The molecule has 0 aliphatic heterocycles. The Balaban J connectivity index is 0.567. The van der Waals surface area contributed by atoms with Crippen LogP contribution in [0.15, 0.2) is 315 Å². The minimum absolute atomic E-state index is 0.0226. The van der Waals surface area contributed by atoms with Gasteiger partial charge in [-0.05, 0) is 193 Å². The van der Waals surface area contributed by atoms with Crippen molar-refractivity contribution in [1.29, 1.82) is 0 Å². The van der Waals surface area contributed by atoms with Gasteiger partial charge in [-0.2, -0.15) is 0 Å². The van der Waals surface area contributed by atoms with Gasteiger partial charge in [0.15, 0.2) is 0 Å². The Morgan fingerprint density at radius 3 is 1.01 bits per heavy atom. The van der Waals surface area contributed by atoms with Gasteiger partial charge in [0, 0.05) is 36.3 Å². The van der Waals surface area contributed by atoms with Crippen molar-refractivity contribution in [3.63, 3.8) is 0 Å². The monoisotopic (exact) mass is 1550 g/mol. The lowest BCUT2D eigenvalue weighted by Crippen LogP contribution is -2.28. The summed E-state index contributed by atoms with van der Waals surface area (Å²) in [4.78, 5) is 38.1. The van der Waals surface area contributed by atoms with Crippen molar-refractivity contribution >= 4 is 82.9 Å². The Morgan fingerprint density at radius 1 is 0.256 bits per heavy atom. The molecule has 17 rings (SSSR count). The highest BCUT2D eigenvalue weighted by Crippen LogP contribution is 2.57. The average molecular weight is 1550 g/mol. The van der Waals surface area contributed by atoms with Crippen LogP contribution >= 0.6 is 0 Å². The summed E-state index contributed by atoms with van der Waals surface area (Å²) in [6.07, 6.45) is -1.75. The Hall–Kier alpha value is -14.2. The number of rotatable bonds is 30. The van der Waals surface area contributed by atoms with E-state index in [-0.39, 0.29) is 72.0 Å². The van der Waals surface area contributed by atoms with E-state index in [9.17, 15) is 14.4 Å². The quantitative estimate of drug-likeness (QED) is 0.0237. The summed E-state index contributed by atoms with van der Waals surface area (Å²) in [5.41, 5.74) is 13.8. The first-order valence-corrected chi connectivity index (χ1v) is 39.2. The van der Waals surface area contributed by atoms with Gasteiger partial charge >= 0.3 is 18.3 Å². The molecule has 16 aromatic rings. The molecule has 580 valence electrons. The number of benzene rings is 16. The molecule has 16 aromatic carbocycles. The summed E-state index contributed by atoms with van der Waals surface area (Å²) >= 11 is 0. The van der Waals surface area contributed by atoms with Gasteiger partial charge in [0.05, 0.1) is 12.0 Å². The highest BCUT2D eigenvalue weighted by molar-refractivity contribution is 6.12. The molecule has 1 aliphatic carbocycles. The first-order valence-electron chi connectivity index (χ1n) is 39.2. The summed E-state index contributed by atoms with van der Waals surface area (Å²) in [7, 11) is 1.65. The van der Waals surface area contributed by atoms with E-state index < -0.39 is 17.7 Å². The average Bonchev–Trinajstić information content (AvgIpc) is 1.54. The molecule has 0 aromatic heterocycles. The van der Waals surface area contributed by atoms with Crippen molar-refractivity contribution in [2.45, 2.75) is 12.3 Å². The maximum Gasteiger partial charge on any atom is 0.508 e. The second-order valence-electron chi connectivity index (χ2n) is 28.4. The summed E-state index contributed by atoms with van der Waals surface area (Å²) < 4.78 is 71.4. The van der Waals surface area contributed by atoms with Crippen LogP contribution in [0.3, 0.4) is 0 Å². The van der Waals surface area contributed by atoms with Crippen LogP contribution in [0, 0.1) is 0 Å². The van der Waals surface area contributed by atoms with E-state index in [0.717, 1.165) is 120 Å². The maximum absolute atomic E-state index is 13.4. The first-order chi connectivity index (χ1) is 57.6. The molecule has 0 radical (unpaired) electrons. The van der Waals surface area contributed by atoms with Gasteiger partial charge in [-0.3, -0.25) is 4.79 Å². The third-order valence-corrected chi connectivity index (χ3v) is 21.4. The molecule has 1 aliphatic rings. The Labute approximate surface area is 676 Å². The van der Waals surface area contributed by atoms with E-state index in [1.54, 1.807) is 7.11 Å². The topological polar surface area (TPSA) is 162 Å². The van der Waals surface area contributed by atoms with Crippen LogP contribution in [0.2, 0.25) is 0 Å². The van der Waals surface area contributed by atoms with Gasteiger partial charge in [0.1, 0.15) is 107 Å². The number of hydrogen-bond acceptors (Lipinski definition) is 15. The van der Waals surface area contributed by atoms with Crippen molar-refractivity contribution in [1.82, 2.24) is 0 Å². The zero-order chi connectivity index (χ0) is 79.4. The van der Waals surface area contributed by atoms with Crippen LogP contribution in [-0.4, -0.2) is 105 Å². The van der Waals surface area contributed by atoms with E-state index >= 15 is 0 Å². The predicted octanol–water partition coefficient (Wildman–Crippen LogP) is 22.8. The van der Waals surface area contributed by atoms with E-state index in [1.807, 2.05) is 133 Å². The van der Waals surface area contributed by atoms with Crippen LogP contribution in [0.1, 0.15) is 29.2 Å². The zero-order valence-electron chi connectivity index (χ0n) is 64.6. The van der Waals surface area contributed by atoms with Gasteiger partial charge in [-0.15, -0.1) is 0 Å². The molecular formula is C102H82O15. The van der Waals surface area contributed by atoms with Crippen LogP contribution < -0.4 is 28.4 Å². The first kappa shape index (κ1) is 75.5. The number of esters is 1. The summed E-state index contributed by atoms with van der Waals surface area (Å²) in [5.74, 6) is 3.29. The molecule has 0 N–H and O–H groups in total. The minimum Gasteiger partial charge on any atom is -0.491 e. The van der Waals surface area contributed by atoms with Gasteiger partial charge in [0.25, 0.3) is 0 Å². The molecule has 15 nitrogen and oxygen atoms in total. The third-order valence-electron chi connectivity index (χ3n) is 21.4. The number of ether oxygens (including phenoxy) is 12. The van der Waals surface area contributed by atoms with Gasteiger partial charge in [0.2, 0.25) is 0 Å². The molecule has 117 heavy (non-hydrogen) atoms. The highest BCUT2D eigenvalue weighted by Gasteiger charge is 2.46. The van der Waals surface area contributed by atoms with E-state index in [4.69, 9.17) is 56.8 Å². The van der Waals surface area contributed by atoms with Crippen LogP contribution in [-0.2, 0) is 38.6 Å². The van der Waals surface area contributed by atoms with Crippen molar-refractivity contribution in [2.75, 3.05) is 86.4 Å². The number of fused-ring (bicyclic) bond motifs is 9. The van der Waals surface area contributed by atoms with Crippen molar-refractivity contribution < 1.29 is 71.2 Å². The van der Waals surface area contributed by atoms with Gasteiger partial charge < -0.3 is 56.8 Å². The normalized spacial score (nSPS) is 11.9. The van der Waals surface area contributed by atoms with Crippen LogP contribution in [0.5, 0.6) is 34.5 Å². The zero-order valence-corrected chi connectivity index (χ0v) is 64.6. The lowest BCUT2D eigenvalue weighted by molar-refractivity contribution is -0.141. The smallest absolute Gasteiger partial charge is 0.491 e. The Bertz CT molecular complexity index is 6310. The molecule has 0 amide bonds. The number of carbonyl (C=O) groups excluding carboxylic acids is 3. The lowest BCUT2D eigenvalue weighted by Gasteiger charge is -2.34. The molecule has 0 spiro atoms. The van der Waals surface area contributed by atoms with Crippen molar-refractivity contribution in [3.05, 3.63) is 338 Å². The van der Waals surface area contributed by atoms with Crippen molar-refractivity contribution in [3.8, 4) is 90.1 Å². The fourth-order valence-electron chi connectivity index (χ4n) is 16.2. The summed E-state index contributed by atoms with van der Waals surface area (Å²) in [6, 6.07) is 108. The number of carbonyl (C=O) groups is 3. The van der Waals surface area contributed by atoms with Crippen LogP contribution in [0.4, 0.5) is 9.59 Å². The molecule has 0 fully saturated rings. The lowest BCUT2D eigenvalue weighted by atomic mass is 9.67. The summed E-state index contributed by atoms with van der Waals surface area (Å²) in [5, 5.41) is 11.8. The largest absolute Gasteiger partial charge is 0.508 e. The molecule has 0 heterocycles. The Morgan fingerprint density at radius 2 is 0.590 bits per heavy atom. The second kappa shape index (κ2) is 34.7. The van der Waals surface area contributed by atoms with E-state index in [2.05, 4.69) is 182 Å². The SMILES string of the molecule is COCCOc1ccc2ccccc2c1-c1c(OCCOC(=O)OCCOc2ccc3cc(-c4ccccc4)ccc3c2-c2c(OCCOC(=O)OCCOc3ccc4cc(C5(c6ccc7cc(OCCOC(C)=O)ccc7c6)c6ccccc6-c6ccccc65)ccc4c3)ccc3cc(-c4ccccc4)ccc23)ccc2ccccc12. The molecule has 0 atom stereocenters. The maximum atomic E-state index is 13.4. The minimum atomic E-state index is -0.877. The molecule has 0 bridgehead atoms. The van der Waals surface area contributed by atoms with E-state index in [1.165, 1.54) is 29.2 Å². The Kier molecular flexibility index (Phi) is 22.4. The van der Waals surface area contributed by atoms with Gasteiger partial charge in [-0.1, -0.05) is 243 Å². The molecule has 15 heteroatoms. The van der Waals surface area contributed by atoms with Gasteiger partial charge in [-0.25, -0.2) is 9.59 Å². The molecule has 0 unspecified atom stereocenters. The highest BCUT2D eigenvalue weighted by atomic mass is 16.7. The third kappa shape index (κ3) is 16.0. The summed E-state index contributed by atoms with van der Waals surface area (Å²) in [6.45, 7) is 2.22. The second-order valence-corrected chi connectivity index (χ2v) is 28.4. The molecular weight excluding hydrogens is 1470 g/mol. The number of methoxy groups -OCH3 is 1. The number of hydrogen-bond donors (Lipinski definition) is 0.